The predicted octanol–water partition coefficient (Wildman–Crippen LogP) is 0.534. The van der Waals surface area contributed by atoms with E-state index >= 15 is 0 Å². The smallest absolute Gasteiger partial charge is 0.488 e. The fraction of sp³-hybridized carbons (Fsp3) is 0.538. The van der Waals surface area contributed by atoms with Crippen LogP contribution in [-0.4, -0.2) is 43.3 Å². The number of ether oxygens (including phenoxy) is 3. The second kappa shape index (κ2) is 8.93. The average Bonchev–Trinajstić information content (AvgIpc) is 2.39. The minimum atomic E-state index is -1.48. The zero-order valence-electron chi connectivity index (χ0n) is 11.4. The fourth-order valence-corrected chi connectivity index (χ4v) is 1.62. The van der Waals surface area contributed by atoms with Gasteiger partial charge >= 0.3 is 7.12 Å². The van der Waals surface area contributed by atoms with E-state index in [0.717, 1.165) is 0 Å². The number of benzene rings is 1. The second-order valence-corrected chi connectivity index (χ2v) is 3.92. The minimum Gasteiger partial charge on any atom is -0.493 e. The van der Waals surface area contributed by atoms with E-state index in [0.29, 0.717) is 37.5 Å². The third-order valence-electron chi connectivity index (χ3n) is 2.48. The first-order valence-corrected chi connectivity index (χ1v) is 6.49. The molecule has 0 bridgehead atoms. The lowest BCUT2D eigenvalue weighted by atomic mass is 9.80. The maximum Gasteiger partial charge on any atom is 0.488 e. The summed E-state index contributed by atoms with van der Waals surface area (Å²) < 4.78 is 16.3. The van der Waals surface area contributed by atoms with Gasteiger partial charge < -0.3 is 24.3 Å². The highest BCUT2D eigenvalue weighted by molar-refractivity contribution is 6.58. The normalized spacial score (nSPS) is 10.8. The molecule has 6 heteroatoms. The van der Waals surface area contributed by atoms with E-state index in [1.165, 1.54) is 0 Å². The van der Waals surface area contributed by atoms with Gasteiger partial charge in [-0.05, 0) is 31.4 Å². The molecule has 1 aromatic carbocycles. The van der Waals surface area contributed by atoms with E-state index in [1.54, 1.807) is 24.3 Å². The molecule has 0 fully saturated rings. The first kappa shape index (κ1) is 16.0. The van der Waals surface area contributed by atoms with E-state index in [1.807, 2.05) is 13.8 Å². The third kappa shape index (κ3) is 6.07. The molecule has 2 N–H and O–H groups in total. The molecule has 0 amide bonds. The Bertz CT molecular complexity index is 353. The summed E-state index contributed by atoms with van der Waals surface area (Å²) in [6, 6.07) is 6.71. The van der Waals surface area contributed by atoms with Crippen LogP contribution in [0.2, 0.25) is 0 Å². The van der Waals surface area contributed by atoms with Crippen LogP contribution in [0.1, 0.15) is 20.3 Å². The van der Waals surface area contributed by atoms with Crippen molar-refractivity contribution in [3.63, 3.8) is 0 Å². The maximum atomic E-state index is 9.06. The van der Waals surface area contributed by atoms with E-state index < -0.39 is 7.12 Å². The SMILES string of the molecule is CCOC(CCOc1cccc(B(O)O)c1)OCC. The standard InChI is InChI=1S/C13H21BO5/c1-3-17-13(18-4-2)8-9-19-12-7-5-6-11(10-12)14(15)16/h5-7,10,13,15-16H,3-4,8-9H2,1-2H3. The first-order valence-electron chi connectivity index (χ1n) is 6.49. The van der Waals surface area contributed by atoms with Crippen LogP contribution >= 0.6 is 0 Å². The monoisotopic (exact) mass is 268 g/mol. The van der Waals surface area contributed by atoms with Crippen LogP contribution < -0.4 is 10.2 Å². The van der Waals surface area contributed by atoms with Gasteiger partial charge in [-0.1, -0.05) is 12.1 Å². The quantitative estimate of drug-likeness (QED) is 0.505. The Hall–Kier alpha value is -1.08. The summed E-state index contributed by atoms with van der Waals surface area (Å²) in [6.07, 6.45) is 0.356. The van der Waals surface area contributed by atoms with Crippen LogP contribution in [0.3, 0.4) is 0 Å². The van der Waals surface area contributed by atoms with Crippen molar-refractivity contribution in [3.05, 3.63) is 24.3 Å². The Balaban J connectivity index is 2.41. The molecule has 106 valence electrons. The fourth-order valence-electron chi connectivity index (χ4n) is 1.62. The average molecular weight is 268 g/mol. The molecular formula is C13H21BO5. The molecule has 0 atom stereocenters. The van der Waals surface area contributed by atoms with Gasteiger partial charge in [0.15, 0.2) is 6.29 Å². The van der Waals surface area contributed by atoms with E-state index in [9.17, 15) is 0 Å². The van der Waals surface area contributed by atoms with Gasteiger partial charge in [0.1, 0.15) is 5.75 Å². The van der Waals surface area contributed by atoms with Crippen LogP contribution in [0, 0.1) is 0 Å². The van der Waals surface area contributed by atoms with E-state index in [4.69, 9.17) is 24.3 Å². The maximum absolute atomic E-state index is 9.06. The molecular weight excluding hydrogens is 247 g/mol. The van der Waals surface area contributed by atoms with Crippen molar-refractivity contribution in [2.45, 2.75) is 26.6 Å². The Morgan fingerprint density at radius 2 is 1.84 bits per heavy atom. The number of hydrogen-bond donors (Lipinski definition) is 2. The summed E-state index contributed by atoms with van der Waals surface area (Å²) in [5.74, 6) is 0.595. The van der Waals surface area contributed by atoms with Crippen molar-refractivity contribution < 1.29 is 24.3 Å². The van der Waals surface area contributed by atoms with Crippen LogP contribution in [0.4, 0.5) is 0 Å². The van der Waals surface area contributed by atoms with Gasteiger partial charge in [-0.15, -0.1) is 0 Å². The van der Waals surface area contributed by atoms with Crippen molar-refractivity contribution in [1.29, 1.82) is 0 Å². The van der Waals surface area contributed by atoms with Crippen LogP contribution in [0.15, 0.2) is 24.3 Å². The molecule has 19 heavy (non-hydrogen) atoms. The summed E-state index contributed by atoms with van der Waals surface area (Å²) in [5, 5.41) is 18.1. The molecule has 5 nitrogen and oxygen atoms in total. The van der Waals surface area contributed by atoms with Crippen LogP contribution in [0.25, 0.3) is 0 Å². The zero-order chi connectivity index (χ0) is 14.1. The largest absolute Gasteiger partial charge is 0.493 e. The number of hydrogen-bond acceptors (Lipinski definition) is 5. The van der Waals surface area contributed by atoms with Gasteiger partial charge in [0.05, 0.1) is 6.61 Å². The highest BCUT2D eigenvalue weighted by Crippen LogP contribution is 2.09. The summed E-state index contributed by atoms with van der Waals surface area (Å²) in [5.41, 5.74) is 0.406. The molecule has 0 radical (unpaired) electrons. The third-order valence-corrected chi connectivity index (χ3v) is 2.48. The second-order valence-electron chi connectivity index (χ2n) is 3.92. The van der Waals surface area contributed by atoms with E-state index in [-0.39, 0.29) is 6.29 Å². The molecule has 0 aliphatic rings. The summed E-state index contributed by atoms with van der Waals surface area (Å²) in [6.45, 7) is 5.46. The highest BCUT2D eigenvalue weighted by atomic mass is 16.7. The molecule has 0 heterocycles. The Kier molecular flexibility index (Phi) is 7.51. The Morgan fingerprint density at radius 3 is 2.42 bits per heavy atom. The predicted molar refractivity (Wildman–Crippen MR) is 73.4 cm³/mol. The van der Waals surface area contributed by atoms with Gasteiger partial charge in [-0.2, -0.15) is 0 Å². The molecule has 0 unspecified atom stereocenters. The van der Waals surface area contributed by atoms with Gasteiger partial charge in [-0.25, -0.2) is 0 Å². The zero-order valence-corrected chi connectivity index (χ0v) is 11.4. The van der Waals surface area contributed by atoms with Crippen molar-refractivity contribution in [2.24, 2.45) is 0 Å². The molecule has 0 saturated heterocycles. The van der Waals surface area contributed by atoms with Crippen molar-refractivity contribution in [2.75, 3.05) is 19.8 Å². The minimum absolute atomic E-state index is 0.262. The van der Waals surface area contributed by atoms with Crippen molar-refractivity contribution in [1.82, 2.24) is 0 Å². The highest BCUT2D eigenvalue weighted by Gasteiger charge is 2.12. The Morgan fingerprint density at radius 1 is 1.16 bits per heavy atom. The van der Waals surface area contributed by atoms with Crippen LogP contribution in [0.5, 0.6) is 5.75 Å². The van der Waals surface area contributed by atoms with Crippen molar-refractivity contribution >= 4 is 12.6 Å². The van der Waals surface area contributed by atoms with Crippen LogP contribution in [-0.2, 0) is 9.47 Å². The summed E-state index contributed by atoms with van der Waals surface area (Å²) in [7, 11) is -1.48. The van der Waals surface area contributed by atoms with E-state index in [2.05, 4.69) is 0 Å². The lowest BCUT2D eigenvalue weighted by Gasteiger charge is -2.17. The molecule has 1 rings (SSSR count). The van der Waals surface area contributed by atoms with Gasteiger partial charge in [0, 0.05) is 19.6 Å². The lowest BCUT2D eigenvalue weighted by molar-refractivity contribution is -0.142. The molecule has 1 aromatic rings. The lowest BCUT2D eigenvalue weighted by Crippen LogP contribution is -2.29. The first-order chi connectivity index (χ1) is 9.17. The van der Waals surface area contributed by atoms with Crippen molar-refractivity contribution in [3.8, 4) is 5.75 Å². The molecule has 0 aliphatic heterocycles. The topological polar surface area (TPSA) is 68.2 Å². The van der Waals surface area contributed by atoms with Gasteiger partial charge in [0.25, 0.3) is 0 Å². The molecule has 0 spiro atoms. The summed E-state index contributed by atoms with van der Waals surface area (Å²) in [4.78, 5) is 0. The number of rotatable bonds is 9. The van der Waals surface area contributed by atoms with Gasteiger partial charge in [-0.3, -0.25) is 0 Å². The molecule has 0 aromatic heterocycles. The van der Waals surface area contributed by atoms with Gasteiger partial charge in [0.2, 0.25) is 0 Å². The molecule has 0 saturated carbocycles. The Labute approximate surface area is 114 Å². The molecule has 0 aliphatic carbocycles. The summed E-state index contributed by atoms with van der Waals surface area (Å²) >= 11 is 0.